The van der Waals surface area contributed by atoms with Gasteiger partial charge in [0.05, 0.1) is 0 Å². The molecule has 0 amide bonds. The Morgan fingerprint density at radius 3 is 2.39 bits per heavy atom. The largest absolute Gasteiger partial charge is 0.314 e. The van der Waals surface area contributed by atoms with Crippen LogP contribution in [0.1, 0.15) is 56.1 Å². The highest BCUT2D eigenvalue weighted by Gasteiger charge is 2.20. The van der Waals surface area contributed by atoms with E-state index in [-0.39, 0.29) is 0 Å². The van der Waals surface area contributed by atoms with Gasteiger partial charge < -0.3 is 5.32 Å². The van der Waals surface area contributed by atoms with E-state index in [0.29, 0.717) is 0 Å². The fourth-order valence-corrected chi connectivity index (χ4v) is 3.23. The molecule has 18 heavy (non-hydrogen) atoms. The number of hydrogen-bond donors (Lipinski definition) is 1. The van der Waals surface area contributed by atoms with E-state index in [2.05, 4.69) is 36.5 Å². The summed E-state index contributed by atoms with van der Waals surface area (Å²) in [7, 11) is 0. The lowest BCUT2D eigenvalue weighted by atomic mass is 9.79. The van der Waals surface area contributed by atoms with Crippen molar-refractivity contribution < 1.29 is 0 Å². The quantitative estimate of drug-likeness (QED) is 0.849. The first-order chi connectivity index (χ1) is 8.81. The van der Waals surface area contributed by atoms with E-state index < -0.39 is 0 Å². The van der Waals surface area contributed by atoms with E-state index >= 15 is 0 Å². The number of piperidine rings is 1. The molecule has 98 valence electrons. The summed E-state index contributed by atoms with van der Waals surface area (Å²) >= 11 is 0. The average molecular weight is 243 g/mol. The summed E-state index contributed by atoms with van der Waals surface area (Å²) in [4.78, 5) is 0. The molecule has 1 heteroatoms. The van der Waals surface area contributed by atoms with E-state index in [1.54, 1.807) is 5.56 Å². The van der Waals surface area contributed by atoms with Crippen molar-refractivity contribution in [2.45, 2.75) is 57.4 Å². The molecule has 2 unspecified atom stereocenters. The third-order valence-electron chi connectivity index (χ3n) is 4.84. The van der Waals surface area contributed by atoms with Gasteiger partial charge in [-0.15, -0.1) is 0 Å². The highest BCUT2D eigenvalue weighted by atomic mass is 14.9. The Balaban J connectivity index is 1.56. The van der Waals surface area contributed by atoms with E-state index in [1.807, 2.05) is 0 Å². The lowest BCUT2D eigenvalue weighted by molar-refractivity contribution is 0.322. The Morgan fingerprint density at radius 1 is 1.06 bits per heavy atom. The zero-order chi connectivity index (χ0) is 12.4. The number of hydrogen-bond acceptors (Lipinski definition) is 1. The molecule has 2 atom stereocenters. The standard InChI is InChI=1S/C17H25N/c1-13-5-6-15(12-18-13)11-14-7-9-17(10-8-14)16-3-2-4-16/h7-10,13,15-16,18H,2-6,11-12H2,1H3. The number of rotatable bonds is 3. The van der Waals surface area contributed by atoms with Crippen molar-refractivity contribution in [3.8, 4) is 0 Å². The molecule has 1 aliphatic carbocycles. The van der Waals surface area contributed by atoms with Gasteiger partial charge in [-0.1, -0.05) is 30.7 Å². The molecule has 1 heterocycles. The highest BCUT2D eigenvalue weighted by Crippen LogP contribution is 2.36. The SMILES string of the molecule is CC1CCC(Cc2ccc(C3CCC3)cc2)CN1. The molecular formula is C17H25N. The van der Waals surface area contributed by atoms with Crippen molar-refractivity contribution in [2.75, 3.05) is 6.54 Å². The fraction of sp³-hybridized carbons (Fsp3) is 0.647. The summed E-state index contributed by atoms with van der Waals surface area (Å²) in [5, 5.41) is 3.60. The van der Waals surface area contributed by atoms with E-state index in [9.17, 15) is 0 Å². The van der Waals surface area contributed by atoms with Crippen LogP contribution in [0.4, 0.5) is 0 Å². The van der Waals surface area contributed by atoms with Crippen LogP contribution in [0.5, 0.6) is 0 Å². The van der Waals surface area contributed by atoms with Gasteiger partial charge in [0.25, 0.3) is 0 Å². The lowest BCUT2D eigenvalue weighted by Crippen LogP contribution is -2.37. The van der Waals surface area contributed by atoms with Gasteiger partial charge in [-0.05, 0) is 68.5 Å². The summed E-state index contributed by atoms with van der Waals surface area (Å²) in [6.45, 7) is 3.50. The van der Waals surface area contributed by atoms with Gasteiger partial charge in [0, 0.05) is 6.04 Å². The summed E-state index contributed by atoms with van der Waals surface area (Å²) in [5.74, 6) is 1.71. The Labute approximate surface area is 111 Å². The zero-order valence-electron chi connectivity index (χ0n) is 11.5. The second-order valence-electron chi connectivity index (χ2n) is 6.33. The monoisotopic (exact) mass is 243 g/mol. The van der Waals surface area contributed by atoms with Crippen LogP contribution in [0.25, 0.3) is 0 Å². The summed E-state index contributed by atoms with van der Waals surface area (Å²) in [5.41, 5.74) is 3.10. The molecule has 2 fully saturated rings. The molecule has 0 bridgehead atoms. The fourth-order valence-electron chi connectivity index (χ4n) is 3.23. The van der Waals surface area contributed by atoms with Gasteiger partial charge >= 0.3 is 0 Å². The topological polar surface area (TPSA) is 12.0 Å². The molecule has 1 aromatic carbocycles. The van der Waals surface area contributed by atoms with Crippen molar-refractivity contribution in [3.63, 3.8) is 0 Å². The van der Waals surface area contributed by atoms with Crippen LogP contribution in [-0.4, -0.2) is 12.6 Å². The Bertz CT molecular complexity index is 369. The normalized spacial score (nSPS) is 28.9. The highest BCUT2D eigenvalue weighted by molar-refractivity contribution is 5.27. The minimum atomic E-state index is 0.724. The van der Waals surface area contributed by atoms with Crippen molar-refractivity contribution in [2.24, 2.45) is 5.92 Å². The Kier molecular flexibility index (Phi) is 3.69. The molecular weight excluding hydrogens is 218 g/mol. The number of nitrogens with one attached hydrogen (secondary N) is 1. The van der Waals surface area contributed by atoms with Gasteiger partial charge in [-0.3, -0.25) is 0 Å². The van der Waals surface area contributed by atoms with Gasteiger partial charge in [-0.25, -0.2) is 0 Å². The summed E-state index contributed by atoms with van der Waals surface area (Å²) < 4.78 is 0. The van der Waals surface area contributed by atoms with Gasteiger partial charge in [0.15, 0.2) is 0 Å². The molecule has 0 aromatic heterocycles. The van der Waals surface area contributed by atoms with Crippen LogP contribution in [0, 0.1) is 5.92 Å². The second kappa shape index (κ2) is 5.44. The van der Waals surface area contributed by atoms with Gasteiger partial charge in [0.2, 0.25) is 0 Å². The van der Waals surface area contributed by atoms with Crippen molar-refractivity contribution >= 4 is 0 Å². The van der Waals surface area contributed by atoms with Crippen molar-refractivity contribution in [3.05, 3.63) is 35.4 Å². The molecule has 0 spiro atoms. The minimum absolute atomic E-state index is 0.724. The predicted octanol–water partition coefficient (Wildman–Crippen LogP) is 3.88. The van der Waals surface area contributed by atoms with Crippen molar-refractivity contribution in [1.82, 2.24) is 5.32 Å². The van der Waals surface area contributed by atoms with E-state index in [0.717, 1.165) is 17.9 Å². The maximum absolute atomic E-state index is 3.60. The van der Waals surface area contributed by atoms with Crippen LogP contribution in [0.3, 0.4) is 0 Å². The molecule has 1 saturated heterocycles. The van der Waals surface area contributed by atoms with Crippen LogP contribution in [0.2, 0.25) is 0 Å². The van der Waals surface area contributed by atoms with Crippen LogP contribution in [0.15, 0.2) is 24.3 Å². The first-order valence-electron chi connectivity index (χ1n) is 7.63. The van der Waals surface area contributed by atoms with Crippen molar-refractivity contribution in [1.29, 1.82) is 0 Å². The molecule has 1 saturated carbocycles. The summed E-state index contributed by atoms with van der Waals surface area (Å²) in [6, 6.07) is 10.2. The molecule has 1 nitrogen and oxygen atoms in total. The second-order valence-corrected chi connectivity index (χ2v) is 6.33. The summed E-state index contributed by atoms with van der Waals surface area (Å²) in [6.07, 6.45) is 8.22. The third kappa shape index (κ3) is 2.77. The Hall–Kier alpha value is -0.820. The first-order valence-corrected chi connectivity index (χ1v) is 7.63. The average Bonchev–Trinajstić information content (AvgIpc) is 2.32. The van der Waals surface area contributed by atoms with Crippen LogP contribution < -0.4 is 5.32 Å². The minimum Gasteiger partial charge on any atom is -0.314 e. The Morgan fingerprint density at radius 2 is 1.83 bits per heavy atom. The van der Waals surface area contributed by atoms with Gasteiger partial charge in [-0.2, -0.15) is 0 Å². The number of benzene rings is 1. The predicted molar refractivity (Wildman–Crippen MR) is 76.9 cm³/mol. The zero-order valence-corrected chi connectivity index (χ0v) is 11.5. The molecule has 1 N–H and O–H groups in total. The van der Waals surface area contributed by atoms with Crippen LogP contribution in [-0.2, 0) is 6.42 Å². The molecule has 1 aliphatic heterocycles. The van der Waals surface area contributed by atoms with E-state index in [4.69, 9.17) is 0 Å². The maximum Gasteiger partial charge on any atom is 0.00389 e. The lowest BCUT2D eigenvalue weighted by Gasteiger charge is -2.28. The smallest absolute Gasteiger partial charge is 0.00389 e. The van der Waals surface area contributed by atoms with E-state index in [1.165, 1.54) is 50.6 Å². The molecule has 0 radical (unpaired) electrons. The van der Waals surface area contributed by atoms with Crippen LogP contribution >= 0.6 is 0 Å². The van der Waals surface area contributed by atoms with Gasteiger partial charge in [0.1, 0.15) is 0 Å². The molecule has 1 aromatic rings. The molecule has 2 aliphatic rings. The third-order valence-corrected chi connectivity index (χ3v) is 4.84. The first kappa shape index (κ1) is 12.2. The molecule has 3 rings (SSSR count). The maximum atomic E-state index is 3.60.